The molecule has 48 heavy (non-hydrogen) atoms. The van der Waals surface area contributed by atoms with Gasteiger partial charge in [-0.1, -0.05) is 36.4 Å². The number of alkyl carbamates (subject to hydrolysis) is 1. The summed E-state index contributed by atoms with van der Waals surface area (Å²) < 4.78 is 45.0. The van der Waals surface area contributed by atoms with Crippen LogP contribution in [0.15, 0.2) is 60.7 Å². The van der Waals surface area contributed by atoms with E-state index in [1.165, 1.54) is 0 Å². The molecule has 1 aliphatic heterocycles. The zero-order valence-electron chi connectivity index (χ0n) is 29.2. The van der Waals surface area contributed by atoms with Gasteiger partial charge in [0.2, 0.25) is 0 Å². The van der Waals surface area contributed by atoms with Crippen molar-refractivity contribution in [1.29, 1.82) is 0 Å². The van der Waals surface area contributed by atoms with E-state index in [0.29, 0.717) is 53.6 Å². The molecule has 9 nitrogen and oxygen atoms in total. The highest BCUT2D eigenvalue weighted by molar-refractivity contribution is 5.74. The Morgan fingerprint density at radius 2 is 1.62 bits per heavy atom. The molecule has 1 N–H and O–H groups in total. The molecule has 1 saturated heterocycles. The molecule has 0 radical (unpaired) electrons. The van der Waals surface area contributed by atoms with Crippen LogP contribution in [0.3, 0.4) is 0 Å². The molecule has 0 aromatic heterocycles. The van der Waals surface area contributed by atoms with Crippen LogP contribution in [-0.4, -0.2) is 67.6 Å². The third kappa shape index (κ3) is 11.5. The molecule has 1 atom stereocenters. The Hall–Kier alpha value is -4.15. The van der Waals surface area contributed by atoms with E-state index in [1.807, 2.05) is 63.2 Å². The number of rotatable bonds is 12. The standard InChI is InChI=1S/C38H49FN2O7/c1-26(40-36(43)48-38(5,6)7)31-12-10-13-32(35(31)39)29-21-27(22-30(23-29)45-20-17-41-15-18-44-19-16-41)25-46-33-14-9-8-11-28(33)24-34(42)47-37(2,3)4/h8-14,21-23,26H,15-20,24-25H2,1-7H3,(H,40,43)/t26-/m1/s1. The van der Waals surface area contributed by atoms with Gasteiger partial charge in [-0.3, -0.25) is 9.69 Å². The number of hydrogen-bond acceptors (Lipinski definition) is 8. The van der Waals surface area contributed by atoms with Crippen molar-refractivity contribution in [3.63, 3.8) is 0 Å². The Morgan fingerprint density at radius 3 is 2.33 bits per heavy atom. The summed E-state index contributed by atoms with van der Waals surface area (Å²) in [6.45, 7) is 16.9. The Morgan fingerprint density at radius 1 is 0.917 bits per heavy atom. The minimum Gasteiger partial charge on any atom is -0.492 e. The molecule has 3 aromatic carbocycles. The number of morpholine rings is 1. The average molecular weight is 665 g/mol. The maximum atomic E-state index is 16.2. The normalized spacial score (nSPS) is 14.6. The summed E-state index contributed by atoms with van der Waals surface area (Å²) in [5.41, 5.74) is 1.47. The van der Waals surface area contributed by atoms with Crippen LogP contribution < -0.4 is 14.8 Å². The highest BCUT2D eigenvalue weighted by Crippen LogP contribution is 2.32. The summed E-state index contributed by atoms with van der Waals surface area (Å²) in [4.78, 5) is 27.3. The van der Waals surface area contributed by atoms with Crippen LogP contribution in [0.4, 0.5) is 9.18 Å². The zero-order valence-corrected chi connectivity index (χ0v) is 29.2. The van der Waals surface area contributed by atoms with Crippen molar-refractivity contribution in [3.05, 3.63) is 83.2 Å². The van der Waals surface area contributed by atoms with Crippen LogP contribution in [0.25, 0.3) is 11.1 Å². The molecule has 4 rings (SSSR count). The fourth-order valence-electron chi connectivity index (χ4n) is 5.25. The number of nitrogens with zero attached hydrogens (tertiary/aromatic N) is 1. The quantitative estimate of drug-likeness (QED) is 0.202. The number of carbonyl (C=O) groups is 2. The van der Waals surface area contributed by atoms with E-state index in [2.05, 4.69) is 10.2 Å². The van der Waals surface area contributed by atoms with Crippen LogP contribution in [0.5, 0.6) is 11.5 Å². The average Bonchev–Trinajstić information content (AvgIpc) is 2.99. The lowest BCUT2D eigenvalue weighted by atomic mass is 9.97. The van der Waals surface area contributed by atoms with Crippen molar-refractivity contribution in [2.75, 3.05) is 39.5 Å². The largest absolute Gasteiger partial charge is 0.492 e. The van der Waals surface area contributed by atoms with Gasteiger partial charge in [-0.25, -0.2) is 9.18 Å². The predicted octanol–water partition coefficient (Wildman–Crippen LogP) is 7.25. The number of amides is 1. The van der Waals surface area contributed by atoms with E-state index in [9.17, 15) is 9.59 Å². The molecular formula is C38H49FN2O7. The topological polar surface area (TPSA) is 95.6 Å². The predicted molar refractivity (Wildman–Crippen MR) is 183 cm³/mol. The Balaban J connectivity index is 1.58. The summed E-state index contributed by atoms with van der Waals surface area (Å²) >= 11 is 0. The molecule has 260 valence electrons. The van der Waals surface area contributed by atoms with Crippen LogP contribution in [-0.2, 0) is 32.0 Å². The second-order valence-electron chi connectivity index (χ2n) is 13.9. The monoisotopic (exact) mass is 664 g/mol. The summed E-state index contributed by atoms with van der Waals surface area (Å²) in [5.74, 6) is 0.327. The molecule has 0 aliphatic carbocycles. The number of para-hydroxylation sites is 1. The first kappa shape index (κ1) is 36.7. The first-order valence-corrected chi connectivity index (χ1v) is 16.4. The molecule has 1 heterocycles. The number of esters is 1. The maximum Gasteiger partial charge on any atom is 0.408 e. The molecule has 1 amide bonds. The van der Waals surface area contributed by atoms with Crippen molar-refractivity contribution in [1.82, 2.24) is 10.2 Å². The fourth-order valence-corrected chi connectivity index (χ4v) is 5.25. The van der Waals surface area contributed by atoms with E-state index in [1.54, 1.807) is 45.9 Å². The van der Waals surface area contributed by atoms with Gasteiger partial charge in [0.15, 0.2) is 0 Å². The van der Waals surface area contributed by atoms with E-state index < -0.39 is 29.2 Å². The summed E-state index contributed by atoms with van der Waals surface area (Å²) in [5, 5.41) is 2.73. The Kier molecular flexibility index (Phi) is 12.5. The van der Waals surface area contributed by atoms with Crippen LogP contribution >= 0.6 is 0 Å². The van der Waals surface area contributed by atoms with Crippen molar-refractivity contribution in [2.24, 2.45) is 0 Å². The van der Waals surface area contributed by atoms with Crippen LogP contribution in [0, 0.1) is 5.82 Å². The van der Waals surface area contributed by atoms with Gasteiger partial charge < -0.3 is 29.0 Å². The van der Waals surface area contributed by atoms with E-state index >= 15 is 4.39 Å². The zero-order chi connectivity index (χ0) is 34.9. The highest BCUT2D eigenvalue weighted by Gasteiger charge is 2.22. The number of carbonyl (C=O) groups excluding carboxylic acids is 2. The number of ether oxygens (including phenoxy) is 5. The minimum atomic E-state index is -0.679. The molecule has 0 bridgehead atoms. The van der Waals surface area contributed by atoms with Crippen molar-refractivity contribution in [2.45, 2.75) is 78.7 Å². The van der Waals surface area contributed by atoms with Gasteiger partial charge in [0.25, 0.3) is 0 Å². The highest BCUT2D eigenvalue weighted by atomic mass is 19.1. The number of benzene rings is 3. The first-order chi connectivity index (χ1) is 22.7. The van der Waals surface area contributed by atoms with Gasteiger partial charge in [0.05, 0.1) is 25.7 Å². The van der Waals surface area contributed by atoms with Gasteiger partial charge >= 0.3 is 12.1 Å². The SMILES string of the molecule is C[C@@H](NC(=O)OC(C)(C)C)c1cccc(-c2cc(COc3ccccc3CC(=O)OC(C)(C)C)cc(OCCN3CCOCC3)c2)c1F. The molecule has 0 spiro atoms. The summed E-state index contributed by atoms with van der Waals surface area (Å²) in [6, 6.07) is 17.4. The van der Waals surface area contributed by atoms with Gasteiger partial charge in [-0.05, 0) is 83.9 Å². The van der Waals surface area contributed by atoms with E-state index in [4.69, 9.17) is 23.7 Å². The van der Waals surface area contributed by atoms with E-state index in [0.717, 1.165) is 25.2 Å². The smallest absolute Gasteiger partial charge is 0.408 e. The first-order valence-electron chi connectivity index (χ1n) is 16.4. The van der Waals surface area contributed by atoms with Gasteiger partial charge in [0.1, 0.15) is 41.7 Å². The van der Waals surface area contributed by atoms with Gasteiger partial charge in [0, 0.05) is 36.3 Å². The molecular weight excluding hydrogens is 615 g/mol. The third-order valence-corrected chi connectivity index (χ3v) is 7.41. The molecule has 0 saturated carbocycles. The van der Waals surface area contributed by atoms with Gasteiger partial charge in [-0.15, -0.1) is 0 Å². The fraction of sp³-hybridized carbons (Fsp3) is 0.474. The lowest BCUT2D eigenvalue weighted by molar-refractivity contribution is -0.153. The van der Waals surface area contributed by atoms with Crippen LogP contribution in [0.1, 0.15) is 71.2 Å². The maximum absolute atomic E-state index is 16.2. The Labute approximate surface area is 283 Å². The molecule has 1 aliphatic rings. The molecule has 10 heteroatoms. The van der Waals surface area contributed by atoms with Crippen molar-refractivity contribution >= 4 is 12.1 Å². The van der Waals surface area contributed by atoms with Crippen LogP contribution in [0.2, 0.25) is 0 Å². The second-order valence-corrected chi connectivity index (χ2v) is 13.9. The Bertz CT molecular complexity index is 1540. The lowest BCUT2D eigenvalue weighted by Crippen LogP contribution is -2.38. The van der Waals surface area contributed by atoms with E-state index in [-0.39, 0.29) is 19.0 Å². The van der Waals surface area contributed by atoms with Gasteiger partial charge in [-0.2, -0.15) is 0 Å². The number of halogens is 1. The molecule has 3 aromatic rings. The lowest BCUT2D eigenvalue weighted by Gasteiger charge is -2.26. The number of nitrogens with one attached hydrogen (secondary N) is 1. The van der Waals surface area contributed by atoms with Crippen molar-refractivity contribution in [3.8, 4) is 22.6 Å². The minimum absolute atomic E-state index is 0.0664. The summed E-state index contributed by atoms with van der Waals surface area (Å²) in [7, 11) is 0. The third-order valence-electron chi connectivity index (χ3n) is 7.41. The number of hydrogen-bond donors (Lipinski definition) is 1. The second kappa shape index (κ2) is 16.3. The molecule has 1 fully saturated rings. The summed E-state index contributed by atoms with van der Waals surface area (Å²) in [6.07, 6.45) is -0.557. The van der Waals surface area contributed by atoms with Crippen molar-refractivity contribution < 1.29 is 37.7 Å². The molecule has 0 unspecified atom stereocenters.